The Labute approximate surface area is 184 Å². The van der Waals surface area contributed by atoms with Crippen molar-refractivity contribution in [2.24, 2.45) is 11.3 Å². The molecule has 0 saturated heterocycles. The van der Waals surface area contributed by atoms with E-state index in [1.165, 1.54) is 11.1 Å². The van der Waals surface area contributed by atoms with E-state index in [9.17, 15) is 0 Å². The summed E-state index contributed by atoms with van der Waals surface area (Å²) < 4.78 is 12.6. The molecule has 0 aliphatic rings. The predicted molar refractivity (Wildman–Crippen MR) is 127 cm³/mol. The molecule has 3 nitrogen and oxygen atoms in total. The van der Waals surface area contributed by atoms with Crippen molar-refractivity contribution in [3.63, 3.8) is 0 Å². The lowest BCUT2D eigenvalue weighted by atomic mass is 9.70. The molecule has 30 heavy (non-hydrogen) atoms. The van der Waals surface area contributed by atoms with Gasteiger partial charge in [0.05, 0.1) is 27.3 Å². The maximum absolute atomic E-state index is 5.88. The predicted octanol–water partition coefficient (Wildman–Crippen LogP) is 6.14. The van der Waals surface area contributed by atoms with Crippen LogP contribution in [0.5, 0.6) is 5.75 Å². The van der Waals surface area contributed by atoms with E-state index in [0.29, 0.717) is 25.0 Å². The number of likely N-dealkylation sites (N-methyl/N-ethyl adjacent to an activating group) is 1. The molecule has 0 aromatic heterocycles. The SMILES string of the molecule is CC(C)C(c1ccc(OCCOCC[N+](C)(C)Cc2ccccc2)cc1)C(C)(C)C. The summed E-state index contributed by atoms with van der Waals surface area (Å²) >= 11 is 0. The van der Waals surface area contributed by atoms with Gasteiger partial charge in [-0.3, -0.25) is 0 Å². The molecule has 0 aliphatic heterocycles. The van der Waals surface area contributed by atoms with Gasteiger partial charge in [0.2, 0.25) is 0 Å². The molecule has 0 heterocycles. The molecule has 2 aromatic carbocycles. The van der Waals surface area contributed by atoms with Crippen LogP contribution < -0.4 is 4.74 Å². The molecule has 166 valence electrons. The highest BCUT2D eigenvalue weighted by Crippen LogP contribution is 2.40. The van der Waals surface area contributed by atoms with Gasteiger partial charge in [0.25, 0.3) is 0 Å². The topological polar surface area (TPSA) is 18.5 Å². The molecule has 0 aliphatic carbocycles. The minimum absolute atomic E-state index is 0.247. The van der Waals surface area contributed by atoms with Gasteiger partial charge in [-0.25, -0.2) is 0 Å². The van der Waals surface area contributed by atoms with Crippen LogP contribution in [-0.2, 0) is 11.3 Å². The van der Waals surface area contributed by atoms with Crippen LogP contribution in [-0.4, -0.2) is 44.9 Å². The quantitative estimate of drug-likeness (QED) is 0.326. The summed E-state index contributed by atoms with van der Waals surface area (Å²) in [5, 5.41) is 0. The maximum atomic E-state index is 5.88. The van der Waals surface area contributed by atoms with Crippen LogP contribution in [0.4, 0.5) is 0 Å². The van der Waals surface area contributed by atoms with Crippen molar-refractivity contribution in [3.8, 4) is 5.75 Å². The van der Waals surface area contributed by atoms with E-state index in [1.807, 2.05) is 0 Å². The number of benzene rings is 2. The van der Waals surface area contributed by atoms with E-state index >= 15 is 0 Å². The van der Waals surface area contributed by atoms with Gasteiger partial charge in [-0.15, -0.1) is 0 Å². The Morgan fingerprint density at radius 3 is 2.03 bits per heavy atom. The van der Waals surface area contributed by atoms with Gasteiger partial charge in [0.1, 0.15) is 25.4 Å². The van der Waals surface area contributed by atoms with Crippen molar-refractivity contribution in [2.45, 2.75) is 47.1 Å². The molecule has 2 rings (SSSR count). The second-order valence-corrected chi connectivity index (χ2v) is 10.4. The Bertz CT molecular complexity index is 730. The fourth-order valence-electron chi connectivity index (χ4n) is 4.45. The Morgan fingerprint density at radius 1 is 0.833 bits per heavy atom. The second kappa shape index (κ2) is 11.0. The van der Waals surface area contributed by atoms with Crippen molar-refractivity contribution < 1.29 is 14.0 Å². The van der Waals surface area contributed by atoms with Crippen molar-refractivity contribution >= 4 is 0 Å². The summed E-state index contributed by atoms with van der Waals surface area (Å²) in [7, 11) is 4.49. The summed E-state index contributed by atoms with van der Waals surface area (Å²) in [5.74, 6) is 2.06. The summed E-state index contributed by atoms with van der Waals surface area (Å²) in [6.07, 6.45) is 0. The standard InChI is InChI=1S/C27H42NO2/c1-22(2)26(27(3,4)5)24-13-15-25(16-14-24)30-20-19-29-18-17-28(6,7)21-23-11-9-8-10-12-23/h8-16,22,26H,17-21H2,1-7H3/q+1. The fraction of sp³-hybridized carbons (Fsp3) is 0.556. The number of quaternary nitrogens is 1. The number of hydrogen-bond donors (Lipinski definition) is 0. The molecule has 0 bridgehead atoms. The minimum Gasteiger partial charge on any atom is -0.491 e. The first-order chi connectivity index (χ1) is 14.1. The highest BCUT2D eigenvalue weighted by atomic mass is 16.5. The van der Waals surface area contributed by atoms with Gasteiger partial charge in [0.15, 0.2) is 0 Å². The fourth-order valence-corrected chi connectivity index (χ4v) is 4.45. The van der Waals surface area contributed by atoms with Gasteiger partial charge in [-0.05, 0) is 34.9 Å². The van der Waals surface area contributed by atoms with E-state index in [1.54, 1.807) is 0 Å². The van der Waals surface area contributed by atoms with Crippen LogP contribution in [0.2, 0.25) is 0 Å². The number of nitrogens with zero attached hydrogens (tertiary/aromatic N) is 1. The van der Waals surface area contributed by atoms with E-state index in [0.717, 1.165) is 29.9 Å². The smallest absolute Gasteiger partial charge is 0.119 e. The minimum atomic E-state index is 0.247. The average molecular weight is 413 g/mol. The largest absolute Gasteiger partial charge is 0.491 e. The van der Waals surface area contributed by atoms with Crippen molar-refractivity contribution in [1.29, 1.82) is 0 Å². The van der Waals surface area contributed by atoms with E-state index in [2.05, 4.69) is 103 Å². The molecular formula is C27H42NO2+. The zero-order chi connectivity index (χ0) is 22.2. The Hall–Kier alpha value is -1.84. The molecule has 2 aromatic rings. The summed E-state index contributed by atoms with van der Waals surface area (Å²) in [4.78, 5) is 0. The molecule has 0 saturated carbocycles. The molecule has 0 amide bonds. The number of hydrogen-bond acceptors (Lipinski definition) is 2. The van der Waals surface area contributed by atoms with Gasteiger partial charge in [-0.1, -0.05) is 77.1 Å². The van der Waals surface area contributed by atoms with Crippen molar-refractivity contribution in [3.05, 3.63) is 65.7 Å². The summed E-state index contributed by atoms with van der Waals surface area (Å²) in [6.45, 7) is 15.5. The molecule has 1 unspecified atom stereocenters. The third-order valence-electron chi connectivity index (χ3n) is 5.63. The van der Waals surface area contributed by atoms with Crippen molar-refractivity contribution in [2.75, 3.05) is 40.5 Å². The van der Waals surface area contributed by atoms with Gasteiger partial charge in [-0.2, -0.15) is 0 Å². The first-order valence-electron chi connectivity index (χ1n) is 11.2. The third kappa shape index (κ3) is 8.12. The van der Waals surface area contributed by atoms with Crippen molar-refractivity contribution in [1.82, 2.24) is 0 Å². The Kier molecular flexibility index (Phi) is 8.93. The summed E-state index contributed by atoms with van der Waals surface area (Å²) in [6, 6.07) is 19.3. The highest BCUT2D eigenvalue weighted by molar-refractivity contribution is 5.30. The lowest BCUT2D eigenvalue weighted by molar-refractivity contribution is -0.904. The summed E-state index contributed by atoms with van der Waals surface area (Å²) in [5.41, 5.74) is 3.00. The molecule has 0 radical (unpaired) electrons. The normalized spacial score (nSPS) is 13.5. The lowest BCUT2D eigenvalue weighted by Crippen LogP contribution is -2.41. The molecular weight excluding hydrogens is 370 g/mol. The number of ether oxygens (including phenoxy) is 2. The van der Waals surface area contributed by atoms with Crippen LogP contribution in [0.15, 0.2) is 54.6 Å². The third-order valence-corrected chi connectivity index (χ3v) is 5.63. The van der Waals surface area contributed by atoms with Crippen LogP contribution in [0.3, 0.4) is 0 Å². The second-order valence-electron chi connectivity index (χ2n) is 10.4. The first-order valence-corrected chi connectivity index (χ1v) is 11.2. The van der Waals surface area contributed by atoms with E-state index in [4.69, 9.17) is 9.47 Å². The molecule has 3 heteroatoms. The van der Waals surface area contributed by atoms with Crippen LogP contribution in [0.1, 0.15) is 51.7 Å². The molecule has 0 spiro atoms. The van der Waals surface area contributed by atoms with Crippen LogP contribution in [0.25, 0.3) is 0 Å². The average Bonchev–Trinajstić information content (AvgIpc) is 2.65. The molecule has 0 N–H and O–H groups in total. The first kappa shape index (κ1) is 24.4. The Morgan fingerprint density at radius 2 is 1.47 bits per heavy atom. The highest BCUT2D eigenvalue weighted by Gasteiger charge is 2.28. The van der Waals surface area contributed by atoms with Gasteiger partial charge in [0, 0.05) is 5.56 Å². The molecule has 0 fully saturated rings. The lowest BCUT2D eigenvalue weighted by Gasteiger charge is -2.34. The van der Waals surface area contributed by atoms with Gasteiger partial charge < -0.3 is 14.0 Å². The molecule has 1 atom stereocenters. The Balaban J connectivity index is 1.70. The van der Waals surface area contributed by atoms with Crippen LogP contribution >= 0.6 is 0 Å². The monoisotopic (exact) mass is 412 g/mol. The van der Waals surface area contributed by atoms with E-state index < -0.39 is 0 Å². The zero-order valence-corrected chi connectivity index (χ0v) is 20.2. The van der Waals surface area contributed by atoms with Crippen LogP contribution in [0, 0.1) is 11.3 Å². The number of rotatable bonds is 11. The maximum Gasteiger partial charge on any atom is 0.119 e. The van der Waals surface area contributed by atoms with E-state index in [-0.39, 0.29) is 5.41 Å². The van der Waals surface area contributed by atoms with Gasteiger partial charge >= 0.3 is 0 Å². The zero-order valence-electron chi connectivity index (χ0n) is 20.2.